The minimum atomic E-state index is -1.07. The second-order valence-electron chi connectivity index (χ2n) is 11.0. The van der Waals surface area contributed by atoms with Gasteiger partial charge in [0.2, 0.25) is 0 Å². The van der Waals surface area contributed by atoms with Crippen LogP contribution in [0.15, 0.2) is 91.0 Å². The fraction of sp³-hybridized carbons (Fsp3) is 0.0571. The number of ether oxygens (including phenoxy) is 1. The largest absolute Gasteiger partial charge is 2.00 e. The van der Waals surface area contributed by atoms with Gasteiger partial charge in [-0.3, -0.25) is 4.57 Å². The minimum Gasteiger partial charge on any atom is -0.482 e. The molecule has 0 amide bonds. The molecule has 47 heavy (non-hydrogen) atoms. The van der Waals surface area contributed by atoms with Gasteiger partial charge in [0.05, 0.1) is 18.7 Å². The van der Waals surface area contributed by atoms with E-state index in [1.165, 1.54) is 0 Å². The predicted molar refractivity (Wildman–Crippen MR) is 171 cm³/mol. The van der Waals surface area contributed by atoms with Crippen molar-refractivity contribution in [3.05, 3.63) is 91.0 Å². The van der Waals surface area contributed by atoms with Gasteiger partial charge in [-0.05, 0) is 39.7 Å². The molecule has 0 saturated heterocycles. The molecule has 3 aromatic heterocycles. The zero-order valence-electron chi connectivity index (χ0n) is 24.9. The molecule has 2 aliphatic rings. The first-order valence-corrected chi connectivity index (χ1v) is 14.5. The maximum absolute atomic E-state index is 11.2. The molecule has 0 spiro atoms. The Labute approximate surface area is 278 Å². The summed E-state index contributed by atoms with van der Waals surface area (Å²) in [5.74, 6) is 1.59. The number of carbonyl (C=O) groups is 1. The summed E-state index contributed by atoms with van der Waals surface area (Å²) in [5.41, 5.74) is 5.32. The van der Waals surface area contributed by atoms with Crippen molar-refractivity contribution in [3.8, 4) is 51.3 Å². The van der Waals surface area contributed by atoms with Crippen molar-refractivity contribution in [3.63, 3.8) is 0 Å². The van der Waals surface area contributed by atoms with Crippen LogP contribution in [0.4, 0.5) is 0 Å². The molecule has 220 valence electrons. The van der Waals surface area contributed by atoms with Gasteiger partial charge in [-0.25, -0.2) is 9.78 Å². The molecule has 11 nitrogen and oxygen atoms in total. The fourth-order valence-electron chi connectivity index (χ4n) is 6.06. The van der Waals surface area contributed by atoms with Crippen molar-refractivity contribution in [1.29, 1.82) is 0 Å². The Morgan fingerprint density at radius 3 is 1.66 bits per heavy atom. The molecule has 0 aliphatic carbocycles. The second-order valence-corrected chi connectivity index (χ2v) is 11.0. The molecular weight excluding hydrogens is 646 g/mol. The standard InChI is InChI=1S/C35H22N8O3.Zn/c1-43-34-24-12-6-7-13-25(24)35(43)42-33-26-16-18(46-17-27(44)45)14-15-23(26)31(40-33)38-29-20-9-3-2-8-19(20)28(36-29)37-30-21-10-4-5-11-22(21)32(39-30)41-34;/h2-16H,17H2,1H3,(H2,36,37,38,39,40,41,42,44,45);/q;+2/p-1. The summed E-state index contributed by atoms with van der Waals surface area (Å²) in [6.07, 6.45) is 0. The Bertz CT molecular complexity index is 2610. The zero-order valence-corrected chi connectivity index (χ0v) is 27.9. The summed E-state index contributed by atoms with van der Waals surface area (Å²) < 4.78 is 7.45. The van der Waals surface area contributed by atoms with Gasteiger partial charge in [0.1, 0.15) is 17.4 Å². The Morgan fingerprint density at radius 2 is 1.11 bits per heavy atom. The number of aromatic nitrogens is 8. The summed E-state index contributed by atoms with van der Waals surface area (Å²) >= 11 is 0. The quantitative estimate of drug-likeness (QED) is 0.202. The number of carboxylic acid groups (broad SMARTS) is 1. The van der Waals surface area contributed by atoms with E-state index in [4.69, 9.17) is 39.6 Å². The first-order valence-electron chi connectivity index (χ1n) is 14.5. The number of fused-ring (bicyclic) bond motifs is 20. The van der Waals surface area contributed by atoms with Crippen LogP contribution >= 0.6 is 0 Å². The van der Waals surface area contributed by atoms with Crippen LogP contribution in [0.5, 0.6) is 5.75 Å². The van der Waals surface area contributed by atoms with E-state index in [1.807, 2.05) is 90.5 Å². The van der Waals surface area contributed by atoms with Crippen LogP contribution in [0, 0.1) is 0 Å². The van der Waals surface area contributed by atoms with Gasteiger partial charge in [-0.2, -0.15) is 0 Å². The molecule has 0 radical (unpaired) electrons. The first-order chi connectivity index (χ1) is 22.5. The second kappa shape index (κ2) is 10.9. The van der Waals surface area contributed by atoms with Crippen LogP contribution in [-0.2, 0) is 31.3 Å². The van der Waals surface area contributed by atoms with E-state index in [2.05, 4.69) is 0 Å². The summed E-state index contributed by atoms with van der Waals surface area (Å²) in [6.45, 7) is -0.474. The van der Waals surface area contributed by atoms with Gasteiger partial charge < -0.3 is 39.7 Å². The molecule has 7 aromatic rings. The van der Waals surface area contributed by atoms with Gasteiger partial charge in [0.25, 0.3) is 0 Å². The van der Waals surface area contributed by atoms with E-state index >= 15 is 0 Å². The summed E-state index contributed by atoms with van der Waals surface area (Å²) in [6, 6.07) is 28.9. The molecule has 8 bridgehead atoms. The topological polar surface area (TPSA) is 143 Å². The Kier molecular flexibility index (Phi) is 6.62. The molecule has 5 heterocycles. The Balaban J connectivity index is 0.00000324. The number of benzene rings is 4. The first kappa shape index (κ1) is 28.6. The third kappa shape index (κ3) is 4.56. The third-order valence-corrected chi connectivity index (χ3v) is 8.18. The summed E-state index contributed by atoms with van der Waals surface area (Å²) in [4.78, 5) is 46.0. The van der Waals surface area contributed by atoms with E-state index in [-0.39, 0.29) is 19.5 Å². The van der Waals surface area contributed by atoms with Gasteiger partial charge in [-0.15, -0.1) is 0 Å². The van der Waals surface area contributed by atoms with Crippen LogP contribution in [0.1, 0.15) is 0 Å². The minimum absolute atomic E-state index is 0. The Hall–Kier alpha value is -5.87. The van der Waals surface area contributed by atoms with Crippen molar-refractivity contribution < 1.29 is 38.7 Å². The van der Waals surface area contributed by atoms with Gasteiger partial charge in [-0.1, -0.05) is 72.8 Å². The molecular formula is C35H21N8O3Zn+. The van der Waals surface area contributed by atoms with Crippen LogP contribution in [0.2, 0.25) is 0 Å². The molecule has 9 rings (SSSR count). The predicted octanol–water partition coefficient (Wildman–Crippen LogP) is 5.02. The van der Waals surface area contributed by atoms with Gasteiger partial charge in [0, 0.05) is 44.8 Å². The normalized spacial score (nSPS) is 11.6. The van der Waals surface area contributed by atoms with Crippen molar-refractivity contribution >= 4 is 50.1 Å². The molecule has 2 aliphatic heterocycles. The molecule has 4 aromatic carbocycles. The number of carboxylic acids is 1. The monoisotopic (exact) mass is 665 g/mol. The maximum atomic E-state index is 11.2. The SMILES string of the molecule is C[n+]1c2nc3[n-]c(nc4nc(nc5[n-]c(nc1-c1ccccc1-2)c1cc(OCC(=O)O)ccc51)-c1ccccc1-4)c1ccccc31.[Zn+2]. The summed E-state index contributed by atoms with van der Waals surface area (Å²) in [5, 5.41) is 12.3. The fourth-order valence-corrected chi connectivity index (χ4v) is 6.06. The van der Waals surface area contributed by atoms with E-state index in [9.17, 15) is 9.90 Å². The average Bonchev–Trinajstić information content (AvgIpc) is 3.78. The molecule has 12 heteroatoms. The molecule has 0 fully saturated rings. The molecule has 0 saturated carbocycles. The number of aliphatic carboxylic acids is 1. The van der Waals surface area contributed by atoms with Gasteiger partial charge in [0.15, 0.2) is 6.61 Å². The van der Waals surface area contributed by atoms with Crippen molar-refractivity contribution in [2.75, 3.05) is 6.61 Å². The van der Waals surface area contributed by atoms with E-state index < -0.39 is 12.6 Å². The van der Waals surface area contributed by atoms with Crippen molar-refractivity contribution in [1.82, 2.24) is 34.9 Å². The number of rotatable bonds is 3. The molecule has 0 unspecified atom stereocenters. The maximum Gasteiger partial charge on any atom is 2.00 e. The van der Waals surface area contributed by atoms with Crippen molar-refractivity contribution in [2.24, 2.45) is 7.05 Å². The van der Waals surface area contributed by atoms with Crippen LogP contribution in [0.3, 0.4) is 0 Å². The number of hydrogen-bond acceptors (Lipinski definition) is 7. The van der Waals surface area contributed by atoms with Crippen LogP contribution in [-0.4, -0.2) is 42.6 Å². The van der Waals surface area contributed by atoms with Gasteiger partial charge >= 0.3 is 25.4 Å². The Morgan fingerprint density at radius 1 is 0.638 bits per heavy atom. The van der Waals surface area contributed by atoms with Crippen LogP contribution in [0.25, 0.3) is 89.7 Å². The number of nitrogens with zero attached hydrogens (tertiary/aromatic N) is 8. The number of hydrogen-bond donors (Lipinski definition) is 1. The van der Waals surface area contributed by atoms with E-state index in [0.29, 0.717) is 62.4 Å². The summed E-state index contributed by atoms with van der Waals surface area (Å²) in [7, 11) is 1.91. The molecule has 0 atom stereocenters. The van der Waals surface area contributed by atoms with Crippen LogP contribution < -0.4 is 19.3 Å². The molecule has 1 N–H and O–H groups in total. The van der Waals surface area contributed by atoms with E-state index in [1.54, 1.807) is 12.1 Å². The van der Waals surface area contributed by atoms with E-state index in [0.717, 1.165) is 33.0 Å². The van der Waals surface area contributed by atoms with Crippen molar-refractivity contribution in [2.45, 2.75) is 0 Å². The zero-order chi connectivity index (χ0) is 30.9. The smallest absolute Gasteiger partial charge is 0.482 e. The third-order valence-electron chi connectivity index (χ3n) is 8.18. The average molecular weight is 667 g/mol.